The lowest BCUT2D eigenvalue weighted by Gasteiger charge is -2.39. The minimum absolute atomic E-state index is 0.00627. The van der Waals surface area contributed by atoms with Crippen LogP contribution in [0.25, 0.3) is 0 Å². The average molecular weight is 280 g/mol. The molecule has 0 spiro atoms. The Kier molecular flexibility index (Phi) is 4.65. The molecule has 1 aromatic heterocycles. The maximum atomic E-state index is 11.8. The molecule has 1 aliphatic heterocycles. The Morgan fingerprint density at radius 3 is 2.75 bits per heavy atom. The van der Waals surface area contributed by atoms with Gasteiger partial charge in [-0.05, 0) is 27.7 Å². The van der Waals surface area contributed by atoms with Crippen molar-refractivity contribution in [3.05, 3.63) is 18.0 Å². The standard InChI is InChI=1S/C14H24N4O2/c1-10(2)16-14(19)17-7-13(8-17)18-6-12(5-15-18)9-20-11(3)4/h5-6,10-11,13H,7-9H2,1-4H3,(H,16,19). The Hall–Kier alpha value is -1.56. The Balaban J connectivity index is 1.79. The number of hydrogen-bond acceptors (Lipinski definition) is 3. The van der Waals surface area contributed by atoms with Gasteiger partial charge in [0.2, 0.25) is 0 Å². The molecule has 0 aromatic carbocycles. The van der Waals surface area contributed by atoms with Crippen LogP contribution in [-0.2, 0) is 11.3 Å². The lowest BCUT2D eigenvalue weighted by Crippen LogP contribution is -2.55. The maximum Gasteiger partial charge on any atom is 0.317 e. The Morgan fingerprint density at radius 1 is 1.45 bits per heavy atom. The van der Waals surface area contributed by atoms with E-state index < -0.39 is 0 Å². The molecule has 20 heavy (non-hydrogen) atoms. The molecule has 2 amide bonds. The zero-order valence-corrected chi connectivity index (χ0v) is 12.7. The highest BCUT2D eigenvalue weighted by atomic mass is 16.5. The normalized spacial score (nSPS) is 15.8. The molecule has 1 aromatic rings. The zero-order valence-electron chi connectivity index (χ0n) is 12.7. The molecule has 1 fully saturated rings. The van der Waals surface area contributed by atoms with Gasteiger partial charge in [0, 0.05) is 30.9 Å². The van der Waals surface area contributed by atoms with Gasteiger partial charge in [0.15, 0.2) is 0 Å². The number of amides is 2. The van der Waals surface area contributed by atoms with Gasteiger partial charge in [-0.2, -0.15) is 5.10 Å². The van der Waals surface area contributed by atoms with Crippen LogP contribution >= 0.6 is 0 Å². The van der Waals surface area contributed by atoms with Gasteiger partial charge in [-0.25, -0.2) is 4.79 Å². The predicted molar refractivity (Wildman–Crippen MR) is 76.4 cm³/mol. The van der Waals surface area contributed by atoms with E-state index in [1.54, 1.807) is 4.90 Å². The van der Waals surface area contributed by atoms with Crippen molar-refractivity contribution in [1.29, 1.82) is 0 Å². The number of likely N-dealkylation sites (tertiary alicyclic amines) is 1. The van der Waals surface area contributed by atoms with Gasteiger partial charge < -0.3 is 15.0 Å². The van der Waals surface area contributed by atoms with Crippen molar-refractivity contribution >= 4 is 6.03 Å². The number of hydrogen-bond donors (Lipinski definition) is 1. The molecule has 2 rings (SSSR count). The smallest absolute Gasteiger partial charge is 0.317 e. The van der Waals surface area contributed by atoms with Gasteiger partial charge in [-0.3, -0.25) is 4.68 Å². The van der Waals surface area contributed by atoms with E-state index in [2.05, 4.69) is 10.4 Å². The predicted octanol–water partition coefficient (Wildman–Crippen LogP) is 1.78. The summed E-state index contributed by atoms with van der Waals surface area (Å²) in [5.74, 6) is 0. The summed E-state index contributed by atoms with van der Waals surface area (Å²) < 4.78 is 7.48. The second kappa shape index (κ2) is 6.26. The van der Waals surface area contributed by atoms with Gasteiger partial charge in [0.1, 0.15) is 0 Å². The quantitative estimate of drug-likeness (QED) is 0.894. The summed E-state index contributed by atoms with van der Waals surface area (Å²) in [6.45, 7) is 9.97. The summed E-state index contributed by atoms with van der Waals surface area (Å²) in [6.07, 6.45) is 4.06. The first-order chi connectivity index (χ1) is 9.45. The number of carbonyl (C=O) groups is 1. The molecule has 0 unspecified atom stereocenters. The molecule has 0 atom stereocenters. The van der Waals surface area contributed by atoms with Crippen LogP contribution in [0.15, 0.2) is 12.4 Å². The van der Waals surface area contributed by atoms with Crippen LogP contribution in [0, 0.1) is 0 Å². The highest BCUT2D eigenvalue weighted by molar-refractivity contribution is 5.75. The zero-order chi connectivity index (χ0) is 14.7. The van der Waals surface area contributed by atoms with Crippen LogP contribution in [0.5, 0.6) is 0 Å². The average Bonchev–Trinajstić information content (AvgIpc) is 2.71. The van der Waals surface area contributed by atoms with Crippen LogP contribution < -0.4 is 5.32 Å². The highest BCUT2D eigenvalue weighted by Gasteiger charge is 2.32. The molecule has 0 bridgehead atoms. The van der Waals surface area contributed by atoms with Gasteiger partial charge in [-0.1, -0.05) is 0 Å². The Labute approximate surface area is 120 Å². The summed E-state index contributed by atoms with van der Waals surface area (Å²) in [4.78, 5) is 13.6. The number of aromatic nitrogens is 2. The number of carbonyl (C=O) groups excluding carboxylic acids is 1. The van der Waals surface area contributed by atoms with Gasteiger partial charge >= 0.3 is 6.03 Å². The largest absolute Gasteiger partial charge is 0.374 e. The lowest BCUT2D eigenvalue weighted by molar-refractivity contribution is 0.0654. The summed E-state index contributed by atoms with van der Waals surface area (Å²) in [5, 5.41) is 7.24. The molecule has 2 heterocycles. The van der Waals surface area contributed by atoms with E-state index >= 15 is 0 Å². The van der Waals surface area contributed by atoms with E-state index in [0.717, 1.165) is 5.56 Å². The van der Waals surface area contributed by atoms with Crippen molar-refractivity contribution in [2.75, 3.05) is 13.1 Å². The van der Waals surface area contributed by atoms with Crippen LogP contribution in [0.2, 0.25) is 0 Å². The van der Waals surface area contributed by atoms with Crippen molar-refractivity contribution in [2.24, 2.45) is 0 Å². The van der Waals surface area contributed by atoms with Gasteiger partial charge in [-0.15, -0.1) is 0 Å². The molecule has 0 aliphatic carbocycles. The fraction of sp³-hybridized carbons (Fsp3) is 0.714. The first kappa shape index (κ1) is 14.8. The Morgan fingerprint density at radius 2 is 2.15 bits per heavy atom. The minimum atomic E-state index is 0.00627. The first-order valence-electron chi connectivity index (χ1n) is 7.15. The minimum Gasteiger partial charge on any atom is -0.374 e. The second-order valence-corrected chi connectivity index (χ2v) is 5.85. The second-order valence-electron chi connectivity index (χ2n) is 5.85. The van der Waals surface area contributed by atoms with Gasteiger partial charge in [0.25, 0.3) is 0 Å². The lowest BCUT2D eigenvalue weighted by atomic mass is 10.1. The van der Waals surface area contributed by atoms with E-state index in [9.17, 15) is 4.79 Å². The number of nitrogens with zero attached hydrogens (tertiary/aromatic N) is 3. The van der Waals surface area contributed by atoms with Crippen molar-refractivity contribution in [2.45, 2.75) is 52.5 Å². The van der Waals surface area contributed by atoms with Crippen molar-refractivity contribution in [1.82, 2.24) is 20.0 Å². The first-order valence-corrected chi connectivity index (χ1v) is 7.15. The molecule has 112 valence electrons. The summed E-state index contributed by atoms with van der Waals surface area (Å²) in [5.41, 5.74) is 1.07. The van der Waals surface area contributed by atoms with Crippen LogP contribution in [-0.4, -0.2) is 45.9 Å². The number of nitrogens with one attached hydrogen (secondary N) is 1. The SMILES string of the molecule is CC(C)NC(=O)N1CC(n2cc(COC(C)C)cn2)C1. The molecule has 1 aliphatic rings. The van der Waals surface area contributed by atoms with E-state index in [1.165, 1.54) is 0 Å². The number of rotatable bonds is 5. The topological polar surface area (TPSA) is 59.4 Å². The molecular weight excluding hydrogens is 256 g/mol. The third kappa shape index (κ3) is 3.72. The number of urea groups is 1. The van der Waals surface area contributed by atoms with Crippen LogP contribution in [0.4, 0.5) is 4.79 Å². The van der Waals surface area contributed by atoms with E-state index in [4.69, 9.17) is 4.74 Å². The number of ether oxygens (including phenoxy) is 1. The molecule has 0 saturated carbocycles. The van der Waals surface area contributed by atoms with Crippen LogP contribution in [0.3, 0.4) is 0 Å². The molecule has 0 radical (unpaired) electrons. The molecular formula is C14H24N4O2. The van der Waals surface area contributed by atoms with E-state index in [-0.39, 0.29) is 24.2 Å². The van der Waals surface area contributed by atoms with Crippen LogP contribution in [0.1, 0.15) is 39.3 Å². The van der Waals surface area contributed by atoms with Crippen molar-refractivity contribution in [3.63, 3.8) is 0 Å². The summed E-state index contributed by atoms with van der Waals surface area (Å²) in [6, 6.07) is 0.457. The molecule has 6 nitrogen and oxygen atoms in total. The third-order valence-electron chi connectivity index (χ3n) is 3.17. The summed E-state index contributed by atoms with van der Waals surface area (Å²) in [7, 11) is 0. The molecule has 1 N–H and O–H groups in total. The third-order valence-corrected chi connectivity index (χ3v) is 3.17. The Bertz CT molecular complexity index is 450. The van der Waals surface area contributed by atoms with E-state index in [1.807, 2.05) is 44.8 Å². The fourth-order valence-electron chi connectivity index (χ4n) is 2.04. The summed E-state index contributed by atoms with van der Waals surface area (Å²) >= 11 is 0. The molecule has 6 heteroatoms. The van der Waals surface area contributed by atoms with E-state index in [0.29, 0.717) is 19.7 Å². The van der Waals surface area contributed by atoms with Crippen molar-refractivity contribution in [3.8, 4) is 0 Å². The molecule has 1 saturated heterocycles. The maximum absolute atomic E-state index is 11.8. The van der Waals surface area contributed by atoms with Gasteiger partial charge in [0.05, 0.1) is 24.9 Å². The van der Waals surface area contributed by atoms with Crippen molar-refractivity contribution < 1.29 is 9.53 Å². The monoisotopic (exact) mass is 280 g/mol. The fourth-order valence-corrected chi connectivity index (χ4v) is 2.04. The highest BCUT2D eigenvalue weighted by Crippen LogP contribution is 2.21.